The lowest BCUT2D eigenvalue weighted by atomic mass is 9.76. The van der Waals surface area contributed by atoms with Crippen LogP contribution in [-0.2, 0) is 5.41 Å². The maximum Gasteiger partial charge on any atom is 0.266 e. The predicted molar refractivity (Wildman–Crippen MR) is 237 cm³/mol. The Morgan fingerprint density at radius 3 is 2.06 bits per heavy atom. The average Bonchev–Trinajstić information content (AvgIpc) is 3.89. The van der Waals surface area contributed by atoms with Gasteiger partial charge in [-0.1, -0.05) is 75.1 Å². The Morgan fingerprint density at radius 1 is 0.726 bits per heavy atom. The minimum Gasteiger partial charge on any atom is -0.490 e. The zero-order valence-corrected chi connectivity index (χ0v) is 33.6. The molecule has 0 unspecified atom stereocenters. The van der Waals surface area contributed by atoms with E-state index in [1.807, 2.05) is 42.5 Å². The molecule has 3 aliphatic carbocycles. The first-order chi connectivity index (χ1) is 30.0. The van der Waals surface area contributed by atoms with Gasteiger partial charge in [0.05, 0.1) is 16.6 Å². The van der Waals surface area contributed by atoms with Gasteiger partial charge in [0.25, 0.3) is 17.4 Å². The quantitative estimate of drug-likeness (QED) is 0.0910. The molecule has 10 nitrogen and oxygen atoms in total. The highest BCUT2D eigenvalue weighted by Crippen LogP contribution is 2.50. The summed E-state index contributed by atoms with van der Waals surface area (Å²) in [5, 5.41) is 0.684. The molecule has 1 N–H and O–H groups in total. The van der Waals surface area contributed by atoms with Crippen molar-refractivity contribution in [3.05, 3.63) is 189 Å². The summed E-state index contributed by atoms with van der Waals surface area (Å²) in [5.41, 5.74) is 6.83. The Bertz CT molecular complexity index is 3300. The Kier molecular flexibility index (Phi) is 8.08. The lowest BCUT2D eigenvalue weighted by Gasteiger charge is -2.31. The number of nitrogens with one attached hydrogen (secondary N) is 1. The normalized spacial score (nSPS) is 15.9. The van der Waals surface area contributed by atoms with Crippen LogP contribution in [-0.4, -0.2) is 40.0 Å². The largest absolute Gasteiger partial charge is 0.490 e. The van der Waals surface area contributed by atoms with Crippen molar-refractivity contribution in [3.63, 3.8) is 0 Å². The molecule has 0 saturated carbocycles. The van der Waals surface area contributed by atoms with E-state index in [0.717, 1.165) is 21.6 Å². The van der Waals surface area contributed by atoms with Gasteiger partial charge in [-0.25, -0.2) is 9.88 Å². The van der Waals surface area contributed by atoms with Crippen LogP contribution in [0.4, 0.5) is 5.69 Å². The molecule has 0 spiro atoms. The van der Waals surface area contributed by atoms with Crippen molar-refractivity contribution in [3.8, 4) is 28.4 Å². The molecule has 0 atom stereocenters. The van der Waals surface area contributed by atoms with Crippen LogP contribution in [0.3, 0.4) is 0 Å². The SMILES string of the molecule is C=CCOc1ccc2nc(C3C(=O)c4ccc5c6c(ccc(c46)C3=O)C(=O)N(c3cc(Oc4ccc6c(c4)C(C)(C)c4ccccc4-6)ccc3C3=CC=CC3)C5=O)[nH]c(=O)c2c1. The fourth-order valence-electron chi connectivity index (χ4n) is 9.57. The van der Waals surface area contributed by atoms with Gasteiger partial charge in [-0.2, -0.15) is 0 Å². The number of hydrogen-bond acceptors (Lipinski definition) is 8. The van der Waals surface area contributed by atoms with Gasteiger partial charge in [-0.3, -0.25) is 24.0 Å². The number of Topliss-reactive ketones (excluding diaryl/α,β-unsaturated/α-hetero) is 2. The number of aromatic nitrogens is 2. The second-order valence-corrected chi connectivity index (χ2v) is 16.4. The zero-order valence-electron chi connectivity index (χ0n) is 33.6. The predicted octanol–water partition coefficient (Wildman–Crippen LogP) is 10.0. The van der Waals surface area contributed by atoms with E-state index in [1.165, 1.54) is 41.5 Å². The maximum absolute atomic E-state index is 14.8. The van der Waals surface area contributed by atoms with Gasteiger partial charge < -0.3 is 14.5 Å². The first-order valence-corrected chi connectivity index (χ1v) is 20.3. The second kappa shape index (κ2) is 13.5. The number of benzene rings is 6. The van der Waals surface area contributed by atoms with Gasteiger partial charge in [-0.05, 0) is 101 Å². The monoisotopic (exact) mass is 813 g/mol. The molecule has 7 aromatic rings. The van der Waals surface area contributed by atoms with E-state index in [-0.39, 0.29) is 61.8 Å². The van der Waals surface area contributed by atoms with Crippen LogP contribution in [0.5, 0.6) is 17.2 Å². The number of amides is 2. The number of fused-ring (bicyclic) bond motifs is 4. The van der Waals surface area contributed by atoms with E-state index in [0.29, 0.717) is 34.9 Å². The lowest BCUT2D eigenvalue weighted by molar-refractivity contribution is 0.0842. The number of allylic oxidation sites excluding steroid dienone is 4. The third-order valence-corrected chi connectivity index (χ3v) is 12.5. The fraction of sp³-hybridized carbons (Fsp3) is 0.115. The average molecular weight is 814 g/mol. The Hall–Kier alpha value is -7.98. The van der Waals surface area contributed by atoms with E-state index < -0.39 is 34.9 Å². The van der Waals surface area contributed by atoms with Gasteiger partial charge in [0.1, 0.15) is 35.6 Å². The van der Waals surface area contributed by atoms with Crippen LogP contribution in [0, 0.1) is 0 Å². The highest BCUT2D eigenvalue weighted by Gasteiger charge is 2.44. The molecule has 4 aliphatic rings. The number of nitrogens with zero attached hydrogens (tertiary/aromatic N) is 2. The van der Waals surface area contributed by atoms with Crippen LogP contribution in [0.1, 0.15) is 90.1 Å². The van der Waals surface area contributed by atoms with Crippen LogP contribution in [0.2, 0.25) is 0 Å². The molecule has 6 aromatic carbocycles. The summed E-state index contributed by atoms with van der Waals surface area (Å²) in [5.74, 6) is -2.48. The second-order valence-electron chi connectivity index (χ2n) is 16.4. The number of ether oxygens (including phenoxy) is 2. The molecule has 0 fully saturated rings. The van der Waals surface area contributed by atoms with Crippen LogP contribution in [0.15, 0.2) is 139 Å². The fourth-order valence-corrected chi connectivity index (χ4v) is 9.57. The number of ketones is 2. The number of aromatic amines is 1. The highest BCUT2D eigenvalue weighted by atomic mass is 16.5. The summed E-state index contributed by atoms with van der Waals surface area (Å²) < 4.78 is 12.1. The number of carbonyl (C=O) groups is 4. The van der Waals surface area contributed by atoms with E-state index in [2.05, 4.69) is 60.7 Å². The molecule has 2 heterocycles. The van der Waals surface area contributed by atoms with E-state index in [4.69, 9.17) is 9.47 Å². The minimum atomic E-state index is -1.45. The third-order valence-electron chi connectivity index (χ3n) is 12.5. The Balaban J connectivity index is 0.966. The molecule has 0 bridgehead atoms. The smallest absolute Gasteiger partial charge is 0.266 e. The lowest BCUT2D eigenvalue weighted by Crippen LogP contribution is -2.41. The third kappa shape index (κ3) is 5.35. The molecule has 0 radical (unpaired) electrons. The minimum absolute atomic E-state index is 0.103. The number of hydrogen-bond donors (Lipinski definition) is 1. The van der Waals surface area contributed by atoms with E-state index in [9.17, 15) is 24.0 Å². The molecule has 300 valence electrons. The van der Waals surface area contributed by atoms with E-state index >= 15 is 0 Å². The van der Waals surface area contributed by atoms with Gasteiger partial charge in [-0.15, -0.1) is 0 Å². The molecule has 1 aromatic heterocycles. The van der Waals surface area contributed by atoms with Crippen molar-refractivity contribution in [1.29, 1.82) is 0 Å². The van der Waals surface area contributed by atoms with Gasteiger partial charge in [0.15, 0.2) is 11.6 Å². The van der Waals surface area contributed by atoms with Gasteiger partial charge in [0.2, 0.25) is 0 Å². The summed E-state index contributed by atoms with van der Waals surface area (Å²) in [6.45, 7) is 8.28. The molecule has 2 amide bonds. The molecule has 11 rings (SSSR count). The molecule has 0 saturated heterocycles. The van der Waals surface area contributed by atoms with Crippen molar-refractivity contribution >= 4 is 56.3 Å². The topological polar surface area (TPSA) is 136 Å². The Labute approximate surface area is 354 Å². The number of rotatable bonds is 8. The summed E-state index contributed by atoms with van der Waals surface area (Å²) in [6.07, 6.45) is 8.09. The van der Waals surface area contributed by atoms with E-state index in [1.54, 1.807) is 24.3 Å². The molecule has 62 heavy (non-hydrogen) atoms. The zero-order chi connectivity index (χ0) is 42.6. The molecule has 1 aliphatic heterocycles. The summed E-state index contributed by atoms with van der Waals surface area (Å²) in [4.78, 5) is 79.9. The number of carbonyl (C=O) groups excluding carboxylic acids is 4. The van der Waals surface area contributed by atoms with Crippen molar-refractivity contribution in [1.82, 2.24) is 9.97 Å². The summed E-state index contributed by atoms with van der Waals surface area (Å²) >= 11 is 0. The molecule has 10 heteroatoms. The Morgan fingerprint density at radius 2 is 1.35 bits per heavy atom. The van der Waals surface area contributed by atoms with Crippen molar-refractivity contribution in [2.75, 3.05) is 11.5 Å². The highest BCUT2D eigenvalue weighted by molar-refractivity contribution is 6.41. The van der Waals surface area contributed by atoms with Crippen molar-refractivity contribution < 1.29 is 28.7 Å². The summed E-state index contributed by atoms with van der Waals surface area (Å²) in [6, 6.07) is 30.7. The maximum atomic E-state index is 14.8. The van der Waals surface area contributed by atoms with Crippen molar-refractivity contribution in [2.24, 2.45) is 0 Å². The first kappa shape index (κ1) is 37.1. The van der Waals surface area contributed by atoms with Crippen LogP contribution >= 0.6 is 0 Å². The van der Waals surface area contributed by atoms with Crippen LogP contribution < -0.4 is 19.9 Å². The molecular weight excluding hydrogens is 779 g/mol. The number of H-pyrrole nitrogens is 1. The van der Waals surface area contributed by atoms with Gasteiger partial charge in [0, 0.05) is 50.1 Å². The standard InChI is InChI=1S/C52H35N3O7/c1-4-23-61-28-15-22-41-38(24-28)49(58)54-48(53-41)45-46(56)34-18-20-36-44-37(21-19-35(43(34)44)47(45)57)51(60)55(50(36)59)42-26-30(13-16-31(42)27-9-5-6-10-27)62-29-14-17-33-32-11-7-8-12-39(32)52(2,3)40(33)25-29/h4-9,11-22,24-26,45H,1,10,23H2,2-3H3,(H,53,54,58). The number of anilines is 1. The van der Waals surface area contributed by atoms with Crippen molar-refractivity contribution in [2.45, 2.75) is 31.6 Å². The summed E-state index contributed by atoms with van der Waals surface area (Å²) in [7, 11) is 0. The first-order valence-electron chi connectivity index (χ1n) is 20.3. The van der Waals surface area contributed by atoms with Gasteiger partial charge >= 0.3 is 0 Å². The van der Waals surface area contributed by atoms with Crippen LogP contribution in [0.25, 0.3) is 38.4 Å². The molecular formula is C52H35N3O7. The number of imide groups is 1.